The highest BCUT2D eigenvalue weighted by Gasteiger charge is 2.31. The van der Waals surface area contributed by atoms with Gasteiger partial charge in [-0.15, -0.1) is 0 Å². The molecule has 2 saturated heterocycles. The van der Waals surface area contributed by atoms with E-state index < -0.39 is 30.0 Å². The first-order valence-corrected chi connectivity index (χ1v) is 20.3. The van der Waals surface area contributed by atoms with Gasteiger partial charge in [0.25, 0.3) is 12.3 Å². The van der Waals surface area contributed by atoms with E-state index >= 15 is 0 Å². The van der Waals surface area contributed by atoms with Crippen molar-refractivity contribution in [3.05, 3.63) is 70.2 Å². The lowest BCUT2D eigenvalue weighted by atomic mass is 10.1. The van der Waals surface area contributed by atoms with Crippen molar-refractivity contribution >= 4 is 51.8 Å². The molecule has 1 unspecified atom stereocenters. The summed E-state index contributed by atoms with van der Waals surface area (Å²) in [5, 5.41) is 12.7. The van der Waals surface area contributed by atoms with E-state index in [0.29, 0.717) is 77.2 Å². The van der Waals surface area contributed by atoms with Crippen molar-refractivity contribution in [1.29, 1.82) is 0 Å². The number of imidazole rings is 1. The second-order valence-corrected chi connectivity index (χ2v) is 14.8. The predicted octanol–water partition coefficient (Wildman–Crippen LogP) is 1.63. The van der Waals surface area contributed by atoms with E-state index in [2.05, 4.69) is 25.8 Å². The van der Waals surface area contributed by atoms with Crippen LogP contribution in [0, 0.1) is 0 Å². The fourth-order valence-electron chi connectivity index (χ4n) is 7.42. The number of rotatable bonds is 20. The molecule has 0 saturated carbocycles. The minimum absolute atomic E-state index is 0.0771. The van der Waals surface area contributed by atoms with Gasteiger partial charge >= 0.3 is 5.69 Å². The van der Waals surface area contributed by atoms with Crippen molar-refractivity contribution < 1.29 is 46.9 Å². The summed E-state index contributed by atoms with van der Waals surface area (Å²) in [7, 11) is 3.16. The largest absolute Gasteiger partial charge is 0.379 e. The average Bonchev–Trinajstić information content (AvgIpc) is 3.93. The van der Waals surface area contributed by atoms with Gasteiger partial charge in [0.1, 0.15) is 24.0 Å². The number of fused-ring (bicyclic) bond motifs is 2. The number of ether oxygens (including phenoxy) is 4. The zero-order chi connectivity index (χ0) is 43.8. The Morgan fingerprint density at radius 2 is 1.63 bits per heavy atom. The Bertz CT molecular complexity index is 2460. The molecule has 2 N–H and O–H groups in total. The first kappa shape index (κ1) is 44.0. The molecule has 0 aliphatic carbocycles. The number of aryl methyl sites for hydroxylation is 3. The average molecular weight is 866 g/mol. The number of halogens is 2. The molecule has 4 amide bonds. The number of benzene rings is 1. The molecule has 4 aromatic heterocycles. The summed E-state index contributed by atoms with van der Waals surface area (Å²) in [6.45, 7) is 4.49. The number of aromatic nitrogens is 7. The Labute approximate surface area is 353 Å². The highest BCUT2D eigenvalue weighted by Crippen LogP contribution is 2.27. The molecule has 2 fully saturated rings. The van der Waals surface area contributed by atoms with E-state index in [-0.39, 0.29) is 60.5 Å². The van der Waals surface area contributed by atoms with Crippen LogP contribution in [-0.2, 0) is 53.8 Å². The minimum atomic E-state index is -2.86. The van der Waals surface area contributed by atoms with E-state index in [0.717, 1.165) is 23.9 Å². The molecule has 0 bridgehead atoms. The van der Waals surface area contributed by atoms with Gasteiger partial charge in [-0.1, -0.05) is 6.07 Å². The standard InChI is InChI=1S/C40H49F2N11O9/c1-48-24-28(35(47-48)36(41)42)44-38(56)27-23-43-52-10-9-32(45-37(27)52)50-11-13-51(14-12-50)34(55)25-62-21-20-61-19-18-60-17-16-59-15-3-4-26-5-6-29-31(22-26)49(2)40(58)53(29)30-7-8-33(54)46-39(30)57/h5-6,9-10,22-24,30,36H,3-4,7-8,11-21,25H2,1-2H3,(H,44,56)(H,46,54,57). The van der Waals surface area contributed by atoms with Crippen molar-refractivity contribution in [3.8, 4) is 0 Å². The lowest BCUT2D eigenvalue weighted by Crippen LogP contribution is -2.50. The highest BCUT2D eigenvalue weighted by atomic mass is 19.3. The minimum Gasteiger partial charge on any atom is -0.379 e. The van der Waals surface area contributed by atoms with Gasteiger partial charge in [0.2, 0.25) is 17.7 Å². The van der Waals surface area contributed by atoms with E-state index in [1.54, 1.807) is 24.2 Å². The van der Waals surface area contributed by atoms with Crippen LogP contribution in [0.25, 0.3) is 16.7 Å². The van der Waals surface area contributed by atoms with Crippen molar-refractivity contribution in [2.45, 2.75) is 38.2 Å². The van der Waals surface area contributed by atoms with Crippen LogP contribution in [0.15, 0.2) is 47.7 Å². The monoisotopic (exact) mass is 865 g/mol. The molecule has 6 heterocycles. The lowest BCUT2D eigenvalue weighted by Gasteiger charge is -2.35. The zero-order valence-corrected chi connectivity index (χ0v) is 34.5. The fourth-order valence-corrected chi connectivity index (χ4v) is 7.42. The quantitative estimate of drug-likeness (QED) is 0.0843. The van der Waals surface area contributed by atoms with Crippen LogP contribution >= 0.6 is 0 Å². The number of amides is 4. The predicted molar refractivity (Wildman–Crippen MR) is 218 cm³/mol. The third kappa shape index (κ3) is 10.3. The second-order valence-electron chi connectivity index (χ2n) is 14.8. The van der Waals surface area contributed by atoms with Crippen molar-refractivity contribution in [2.75, 3.05) is 89.3 Å². The maximum absolute atomic E-state index is 13.4. The number of anilines is 2. The SMILES string of the molecule is Cn1cc(NC(=O)c2cnn3ccc(N4CCN(C(=O)COCCOCCOCCOCCCc5ccc6c(c5)n(C)c(=O)n6C5CCC(=O)NC5=O)CC4)nc23)c(C(F)F)n1. The van der Waals surface area contributed by atoms with Crippen molar-refractivity contribution in [2.24, 2.45) is 14.1 Å². The summed E-state index contributed by atoms with van der Waals surface area (Å²) in [5.41, 5.74) is 1.87. The number of alkyl halides is 2. The van der Waals surface area contributed by atoms with Gasteiger partial charge in [-0.3, -0.25) is 38.3 Å². The first-order valence-electron chi connectivity index (χ1n) is 20.3. The van der Waals surface area contributed by atoms with Gasteiger partial charge in [-0.25, -0.2) is 23.1 Å². The number of carbonyl (C=O) groups excluding carboxylic acids is 4. The topological polar surface area (TPSA) is 211 Å². The van der Waals surface area contributed by atoms with Crippen LogP contribution < -0.4 is 21.2 Å². The molecule has 2 aliphatic rings. The Morgan fingerprint density at radius 3 is 2.34 bits per heavy atom. The molecule has 332 valence electrons. The van der Waals surface area contributed by atoms with Gasteiger partial charge in [-0.05, 0) is 43.0 Å². The van der Waals surface area contributed by atoms with Gasteiger partial charge in [0.05, 0.1) is 62.6 Å². The van der Waals surface area contributed by atoms with Gasteiger partial charge in [0.15, 0.2) is 11.3 Å². The highest BCUT2D eigenvalue weighted by molar-refractivity contribution is 6.08. The number of imide groups is 1. The Morgan fingerprint density at radius 1 is 0.919 bits per heavy atom. The normalized spacial score (nSPS) is 15.9. The second kappa shape index (κ2) is 20.2. The third-order valence-electron chi connectivity index (χ3n) is 10.6. The Balaban J connectivity index is 0.719. The molecule has 0 spiro atoms. The third-order valence-corrected chi connectivity index (χ3v) is 10.6. The smallest absolute Gasteiger partial charge is 0.329 e. The number of carbonyl (C=O) groups is 4. The Hall–Kier alpha value is -6.10. The Kier molecular flexibility index (Phi) is 14.3. The van der Waals surface area contributed by atoms with Crippen LogP contribution in [-0.4, -0.2) is 141 Å². The van der Waals surface area contributed by atoms with Crippen LogP contribution in [0.3, 0.4) is 0 Å². The number of nitrogens with one attached hydrogen (secondary N) is 2. The molecule has 1 aromatic carbocycles. The van der Waals surface area contributed by atoms with Crippen molar-refractivity contribution in [3.63, 3.8) is 0 Å². The van der Waals surface area contributed by atoms with E-state index in [1.807, 2.05) is 23.1 Å². The number of hydrogen-bond acceptors (Lipinski definition) is 13. The maximum atomic E-state index is 13.4. The number of hydrogen-bond donors (Lipinski definition) is 2. The molecule has 1 atom stereocenters. The van der Waals surface area contributed by atoms with Crippen molar-refractivity contribution in [1.82, 2.24) is 43.7 Å². The number of piperidine rings is 1. The van der Waals surface area contributed by atoms with E-state index in [1.165, 1.54) is 37.8 Å². The van der Waals surface area contributed by atoms with E-state index in [4.69, 9.17) is 18.9 Å². The van der Waals surface area contributed by atoms with Crippen LogP contribution in [0.1, 0.15) is 53.3 Å². The molecule has 5 aromatic rings. The van der Waals surface area contributed by atoms with Crippen LogP contribution in [0.2, 0.25) is 0 Å². The van der Waals surface area contributed by atoms with Gasteiger partial charge in [-0.2, -0.15) is 10.2 Å². The summed E-state index contributed by atoms with van der Waals surface area (Å²) in [4.78, 5) is 71.1. The summed E-state index contributed by atoms with van der Waals surface area (Å²) >= 11 is 0. The summed E-state index contributed by atoms with van der Waals surface area (Å²) < 4.78 is 54.8. The van der Waals surface area contributed by atoms with Crippen LogP contribution in [0.4, 0.5) is 20.3 Å². The molecule has 62 heavy (non-hydrogen) atoms. The summed E-state index contributed by atoms with van der Waals surface area (Å²) in [6.07, 6.45) is 3.42. The van der Waals surface area contributed by atoms with E-state index in [9.17, 15) is 32.8 Å². The summed E-state index contributed by atoms with van der Waals surface area (Å²) in [6, 6.07) is 6.78. The molecule has 0 radical (unpaired) electrons. The number of nitrogens with zero attached hydrogens (tertiary/aromatic N) is 9. The maximum Gasteiger partial charge on any atom is 0.329 e. The van der Waals surface area contributed by atoms with Gasteiger partial charge < -0.3 is 34.1 Å². The molecule has 7 rings (SSSR count). The van der Waals surface area contributed by atoms with Crippen LogP contribution in [0.5, 0.6) is 0 Å². The fraction of sp³-hybridized carbons (Fsp3) is 0.500. The summed E-state index contributed by atoms with van der Waals surface area (Å²) in [5.74, 6) is -0.985. The number of piperazine rings is 1. The molecule has 22 heteroatoms. The zero-order valence-electron chi connectivity index (χ0n) is 34.5. The first-order chi connectivity index (χ1) is 30.0. The molecular weight excluding hydrogens is 817 g/mol. The molecule has 20 nitrogen and oxygen atoms in total. The van der Waals surface area contributed by atoms with Gasteiger partial charge in [0, 0.05) is 65.7 Å². The lowest BCUT2D eigenvalue weighted by molar-refractivity contribution is -0.137. The molecule has 2 aliphatic heterocycles. The molecular formula is C40H49F2N11O9.